The number of methoxy groups -OCH3 is 1. The number of nitrogens with one attached hydrogen (secondary N) is 2. The lowest BCUT2D eigenvalue weighted by Crippen LogP contribution is -2.41. The molecule has 0 aromatic carbocycles. The minimum Gasteiger partial charge on any atom is -0.468 e. The standard InChI is InChI=1S/C8H12N4O2S/c1-14-6(13)4-12-7(5-2-9-3-5)10-11-8(12)15/h5,9H,2-4H2,1H3,(H,11,15). The van der Waals surface area contributed by atoms with Crippen molar-refractivity contribution in [3.63, 3.8) is 0 Å². The topological polar surface area (TPSA) is 71.9 Å². The van der Waals surface area contributed by atoms with Gasteiger partial charge in [0.2, 0.25) is 0 Å². The number of rotatable bonds is 3. The van der Waals surface area contributed by atoms with Gasteiger partial charge in [-0.25, -0.2) is 0 Å². The highest BCUT2D eigenvalue weighted by Crippen LogP contribution is 2.17. The molecule has 0 spiro atoms. The maximum atomic E-state index is 11.2. The van der Waals surface area contributed by atoms with Crippen molar-refractivity contribution in [2.45, 2.75) is 12.5 Å². The molecule has 15 heavy (non-hydrogen) atoms. The molecule has 1 aromatic rings. The molecule has 0 radical (unpaired) electrons. The molecule has 0 bridgehead atoms. The summed E-state index contributed by atoms with van der Waals surface area (Å²) in [5.41, 5.74) is 0. The van der Waals surface area contributed by atoms with Crippen molar-refractivity contribution in [3.8, 4) is 0 Å². The first kappa shape index (κ1) is 10.3. The predicted octanol–water partition coefficient (Wildman–Crippen LogP) is -0.200. The third-order valence-electron chi connectivity index (χ3n) is 2.45. The molecule has 1 fully saturated rings. The number of ether oxygens (including phenoxy) is 1. The summed E-state index contributed by atoms with van der Waals surface area (Å²) in [4.78, 5) is 11.2. The molecule has 1 aliphatic rings. The SMILES string of the molecule is COC(=O)Cn1c(C2CNC2)n[nH]c1=S. The van der Waals surface area contributed by atoms with Crippen LogP contribution in [-0.2, 0) is 16.1 Å². The number of aromatic amines is 1. The first-order valence-corrected chi connectivity index (χ1v) is 5.06. The zero-order chi connectivity index (χ0) is 10.8. The largest absolute Gasteiger partial charge is 0.468 e. The van der Waals surface area contributed by atoms with Gasteiger partial charge in [-0.3, -0.25) is 14.5 Å². The Morgan fingerprint density at radius 3 is 3.00 bits per heavy atom. The molecule has 82 valence electrons. The highest BCUT2D eigenvalue weighted by Gasteiger charge is 2.25. The first-order valence-electron chi connectivity index (χ1n) is 4.65. The Balaban J connectivity index is 2.23. The van der Waals surface area contributed by atoms with E-state index < -0.39 is 0 Å². The van der Waals surface area contributed by atoms with Crippen LogP contribution in [0.5, 0.6) is 0 Å². The monoisotopic (exact) mass is 228 g/mol. The normalized spacial score (nSPS) is 16.1. The number of nitrogens with zero attached hydrogens (tertiary/aromatic N) is 2. The molecule has 0 unspecified atom stereocenters. The molecule has 6 nitrogen and oxygen atoms in total. The molecule has 1 aromatic heterocycles. The Morgan fingerprint density at radius 2 is 2.47 bits per heavy atom. The van der Waals surface area contributed by atoms with E-state index in [0.717, 1.165) is 18.9 Å². The van der Waals surface area contributed by atoms with Gasteiger partial charge in [0.25, 0.3) is 0 Å². The lowest BCUT2D eigenvalue weighted by atomic mass is 10.0. The Hall–Kier alpha value is -1.21. The van der Waals surface area contributed by atoms with Gasteiger partial charge >= 0.3 is 5.97 Å². The van der Waals surface area contributed by atoms with E-state index in [-0.39, 0.29) is 12.5 Å². The molecular weight excluding hydrogens is 216 g/mol. The number of esters is 1. The summed E-state index contributed by atoms with van der Waals surface area (Å²) in [6.45, 7) is 1.87. The highest BCUT2D eigenvalue weighted by atomic mass is 32.1. The van der Waals surface area contributed by atoms with Crippen molar-refractivity contribution in [1.82, 2.24) is 20.1 Å². The summed E-state index contributed by atoms with van der Waals surface area (Å²) in [6, 6.07) is 0. The van der Waals surface area contributed by atoms with Gasteiger partial charge in [-0.15, -0.1) is 0 Å². The molecule has 7 heteroatoms. The minimum atomic E-state index is -0.318. The van der Waals surface area contributed by atoms with Gasteiger partial charge in [-0.2, -0.15) is 5.10 Å². The van der Waals surface area contributed by atoms with Crippen LogP contribution < -0.4 is 5.32 Å². The molecule has 0 aliphatic carbocycles. The Kier molecular flexibility index (Phi) is 2.83. The van der Waals surface area contributed by atoms with E-state index in [1.807, 2.05) is 0 Å². The smallest absolute Gasteiger partial charge is 0.325 e. The molecule has 1 aliphatic heterocycles. The van der Waals surface area contributed by atoms with E-state index in [1.165, 1.54) is 7.11 Å². The van der Waals surface area contributed by atoms with Gasteiger partial charge in [0, 0.05) is 19.0 Å². The van der Waals surface area contributed by atoms with Crippen LogP contribution in [0.4, 0.5) is 0 Å². The first-order chi connectivity index (χ1) is 7.22. The van der Waals surface area contributed by atoms with Crippen molar-refractivity contribution < 1.29 is 9.53 Å². The van der Waals surface area contributed by atoms with Crippen molar-refractivity contribution in [1.29, 1.82) is 0 Å². The summed E-state index contributed by atoms with van der Waals surface area (Å²) in [6.07, 6.45) is 0. The fraction of sp³-hybridized carbons (Fsp3) is 0.625. The van der Waals surface area contributed by atoms with Gasteiger partial charge < -0.3 is 10.1 Å². The van der Waals surface area contributed by atoms with E-state index in [1.54, 1.807) is 4.57 Å². The number of carbonyl (C=O) groups excluding carboxylic acids is 1. The summed E-state index contributed by atoms with van der Waals surface area (Å²) in [5.74, 6) is 0.841. The summed E-state index contributed by atoms with van der Waals surface area (Å²) >= 11 is 5.05. The Labute approximate surface area is 91.6 Å². The van der Waals surface area contributed by atoms with Crippen molar-refractivity contribution >= 4 is 18.2 Å². The lowest BCUT2D eigenvalue weighted by molar-refractivity contribution is -0.141. The third-order valence-corrected chi connectivity index (χ3v) is 2.76. The van der Waals surface area contributed by atoms with Gasteiger partial charge in [-0.05, 0) is 12.2 Å². The van der Waals surface area contributed by atoms with Gasteiger partial charge in [0.05, 0.1) is 7.11 Å². The molecule has 0 saturated carbocycles. The zero-order valence-corrected chi connectivity index (χ0v) is 9.13. The van der Waals surface area contributed by atoms with Crippen LogP contribution in [0.25, 0.3) is 0 Å². The minimum absolute atomic E-state index is 0.123. The van der Waals surface area contributed by atoms with Crippen LogP contribution in [0.15, 0.2) is 0 Å². The second-order valence-electron chi connectivity index (χ2n) is 3.40. The Morgan fingerprint density at radius 1 is 1.73 bits per heavy atom. The Bertz CT molecular complexity index is 421. The molecule has 2 N–H and O–H groups in total. The third kappa shape index (κ3) is 1.93. The van der Waals surface area contributed by atoms with Crippen molar-refractivity contribution in [2.24, 2.45) is 0 Å². The van der Waals surface area contributed by atoms with Crippen LogP contribution in [0.2, 0.25) is 0 Å². The number of hydrogen-bond donors (Lipinski definition) is 2. The quantitative estimate of drug-likeness (QED) is 0.554. The van der Waals surface area contributed by atoms with Gasteiger partial charge in [0.1, 0.15) is 12.4 Å². The molecule has 2 rings (SSSR count). The van der Waals surface area contributed by atoms with E-state index in [4.69, 9.17) is 12.2 Å². The zero-order valence-electron chi connectivity index (χ0n) is 8.32. The maximum Gasteiger partial charge on any atom is 0.325 e. The van der Waals surface area contributed by atoms with Crippen molar-refractivity contribution in [2.75, 3.05) is 20.2 Å². The van der Waals surface area contributed by atoms with E-state index in [9.17, 15) is 4.79 Å². The summed E-state index contributed by atoms with van der Waals surface area (Å²) in [7, 11) is 1.36. The van der Waals surface area contributed by atoms with Gasteiger partial charge in [-0.1, -0.05) is 0 Å². The van der Waals surface area contributed by atoms with Crippen LogP contribution in [0.3, 0.4) is 0 Å². The van der Waals surface area contributed by atoms with Crippen LogP contribution in [-0.4, -0.2) is 40.9 Å². The lowest BCUT2D eigenvalue weighted by Gasteiger charge is -2.26. The predicted molar refractivity (Wildman–Crippen MR) is 55.0 cm³/mol. The van der Waals surface area contributed by atoms with Crippen LogP contribution >= 0.6 is 12.2 Å². The second kappa shape index (κ2) is 4.11. The van der Waals surface area contributed by atoms with Gasteiger partial charge in [0.15, 0.2) is 4.77 Å². The maximum absolute atomic E-state index is 11.2. The fourth-order valence-electron chi connectivity index (χ4n) is 1.46. The molecular formula is C8H12N4O2S. The number of hydrogen-bond acceptors (Lipinski definition) is 5. The number of aromatic nitrogens is 3. The number of H-pyrrole nitrogens is 1. The average molecular weight is 228 g/mol. The molecule has 1 saturated heterocycles. The fourth-order valence-corrected chi connectivity index (χ4v) is 1.66. The average Bonchev–Trinajstić information content (AvgIpc) is 2.47. The van der Waals surface area contributed by atoms with Crippen molar-refractivity contribution in [3.05, 3.63) is 10.6 Å². The summed E-state index contributed by atoms with van der Waals surface area (Å²) in [5, 5.41) is 9.97. The van der Waals surface area contributed by atoms with E-state index >= 15 is 0 Å². The molecule has 0 atom stereocenters. The van der Waals surface area contributed by atoms with Crippen LogP contribution in [0.1, 0.15) is 11.7 Å². The molecule has 2 heterocycles. The highest BCUT2D eigenvalue weighted by molar-refractivity contribution is 7.71. The van der Waals surface area contributed by atoms with E-state index in [0.29, 0.717) is 10.7 Å². The molecule has 0 amide bonds. The van der Waals surface area contributed by atoms with Crippen LogP contribution in [0, 0.1) is 4.77 Å². The summed E-state index contributed by atoms with van der Waals surface area (Å²) < 4.78 is 6.75. The number of carbonyl (C=O) groups is 1. The second-order valence-corrected chi connectivity index (χ2v) is 3.79. The van der Waals surface area contributed by atoms with E-state index in [2.05, 4.69) is 20.3 Å².